The van der Waals surface area contributed by atoms with Gasteiger partial charge in [-0.05, 0) is 42.7 Å². The number of hydrogen-bond acceptors (Lipinski definition) is 1. The second-order valence-electron chi connectivity index (χ2n) is 6.83. The van der Waals surface area contributed by atoms with Gasteiger partial charge in [0.25, 0.3) is 5.91 Å². The summed E-state index contributed by atoms with van der Waals surface area (Å²) < 4.78 is 26.3. The largest absolute Gasteiger partial charge is 0.349 e. The summed E-state index contributed by atoms with van der Waals surface area (Å²) in [6.07, 6.45) is 2.87. The minimum Gasteiger partial charge on any atom is -0.349 e. The minimum absolute atomic E-state index is 0.0217. The second kappa shape index (κ2) is 5.91. The summed E-state index contributed by atoms with van der Waals surface area (Å²) in [6, 6.07) is 1.71. The molecule has 2 rings (SSSR count). The van der Waals surface area contributed by atoms with E-state index in [1.54, 1.807) is 0 Å². The topological polar surface area (TPSA) is 29.1 Å². The number of halogens is 3. The minimum atomic E-state index is -1.07. The highest BCUT2D eigenvalue weighted by Gasteiger charge is 2.33. The van der Waals surface area contributed by atoms with Crippen LogP contribution in [0.25, 0.3) is 0 Å². The Kier molecular flexibility index (Phi) is 4.57. The maximum absolute atomic E-state index is 13.3. The molecule has 1 saturated carbocycles. The van der Waals surface area contributed by atoms with Crippen LogP contribution in [0.5, 0.6) is 0 Å². The predicted molar refractivity (Wildman–Crippen MR) is 79.4 cm³/mol. The molecule has 1 aromatic rings. The van der Waals surface area contributed by atoms with Gasteiger partial charge in [-0.1, -0.05) is 32.4 Å². The van der Waals surface area contributed by atoms with Gasteiger partial charge < -0.3 is 5.32 Å². The Bertz CT molecular complexity index is 559. The maximum atomic E-state index is 13.3. The fraction of sp³-hybridized carbons (Fsp3) is 0.562. The molecule has 0 aliphatic heterocycles. The van der Waals surface area contributed by atoms with Crippen molar-refractivity contribution in [2.45, 2.75) is 46.1 Å². The first-order valence-corrected chi connectivity index (χ1v) is 7.51. The van der Waals surface area contributed by atoms with Crippen LogP contribution in [0.3, 0.4) is 0 Å². The van der Waals surface area contributed by atoms with Crippen molar-refractivity contribution in [3.63, 3.8) is 0 Å². The number of amides is 1. The summed E-state index contributed by atoms with van der Waals surface area (Å²) in [5.41, 5.74) is 0.139. The molecule has 1 aliphatic rings. The van der Waals surface area contributed by atoms with E-state index in [1.165, 1.54) is 0 Å². The first-order valence-electron chi connectivity index (χ1n) is 7.13. The number of benzene rings is 1. The molecule has 1 N–H and O–H groups in total. The van der Waals surface area contributed by atoms with Crippen LogP contribution in [0.1, 0.15) is 50.4 Å². The van der Waals surface area contributed by atoms with Crippen molar-refractivity contribution < 1.29 is 13.6 Å². The molecule has 0 aromatic heterocycles. The standard InChI is InChI=1S/C16H20ClF2NO/c1-9-4-10(8-16(2,3)7-9)20-15(21)11-5-13(18)14(19)6-12(11)17/h5-6,9-10H,4,7-8H2,1-3H3,(H,20,21)/t9-,10+/m0/s1. The van der Waals surface area contributed by atoms with E-state index in [-0.39, 0.29) is 22.0 Å². The van der Waals surface area contributed by atoms with Crippen LogP contribution in [0.15, 0.2) is 12.1 Å². The molecule has 5 heteroatoms. The first kappa shape index (κ1) is 16.2. The number of rotatable bonds is 2. The van der Waals surface area contributed by atoms with Crippen molar-refractivity contribution in [1.29, 1.82) is 0 Å². The number of nitrogens with one attached hydrogen (secondary N) is 1. The van der Waals surface area contributed by atoms with E-state index in [9.17, 15) is 13.6 Å². The third-order valence-corrected chi connectivity index (χ3v) is 4.29. The maximum Gasteiger partial charge on any atom is 0.253 e. The molecule has 0 radical (unpaired) electrons. The zero-order valence-corrected chi connectivity index (χ0v) is 13.2. The van der Waals surface area contributed by atoms with Gasteiger partial charge in [0, 0.05) is 6.04 Å². The fourth-order valence-corrected chi connectivity index (χ4v) is 3.65. The summed E-state index contributed by atoms with van der Waals surface area (Å²) in [5, 5.41) is 2.82. The van der Waals surface area contributed by atoms with Crippen molar-refractivity contribution in [3.05, 3.63) is 34.4 Å². The molecule has 2 atom stereocenters. The van der Waals surface area contributed by atoms with Gasteiger partial charge in [-0.15, -0.1) is 0 Å². The first-order chi connectivity index (χ1) is 9.68. The molecule has 1 aromatic carbocycles. The lowest BCUT2D eigenvalue weighted by molar-refractivity contribution is 0.0874. The normalized spacial score (nSPS) is 24.7. The van der Waals surface area contributed by atoms with Crippen molar-refractivity contribution in [3.8, 4) is 0 Å². The Morgan fingerprint density at radius 3 is 2.52 bits per heavy atom. The van der Waals surface area contributed by atoms with Crippen molar-refractivity contribution in [1.82, 2.24) is 5.32 Å². The predicted octanol–water partition coefficient (Wildman–Crippen LogP) is 4.56. The fourth-order valence-electron chi connectivity index (χ4n) is 3.42. The molecule has 0 heterocycles. The van der Waals surface area contributed by atoms with Crippen LogP contribution >= 0.6 is 11.6 Å². The summed E-state index contributed by atoms with van der Waals surface area (Å²) >= 11 is 5.83. The van der Waals surface area contributed by atoms with E-state index in [4.69, 9.17) is 11.6 Å². The van der Waals surface area contributed by atoms with Crippen molar-refractivity contribution in [2.75, 3.05) is 0 Å². The Morgan fingerprint density at radius 2 is 1.90 bits per heavy atom. The Labute approximate surface area is 128 Å². The van der Waals surface area contributed by atoms with Gasteiger partial charge in [0.2, 0.25) is 0 Å². The Hall–Kier alpha value is -1.16. The van der Waals surface area contributed by atoms with Gasteiger partial charge in [-0.2, -0.15) is 0 Å². The van der Waals surface area contributed by atoms with E-state index in [0.29, 0.717) is 5.92 Å². The lowest BCUT2D eigenvalue weighted by Crippen LogP contribution is -2.43. The number of carbonyl (C=O) groups is 1. The Balaban J connectivity index is 2.13. The van der Waals surface area contributed by atoms with E-state index < -0.39 is 17.5 Å². The zero-order valence-electron chi connectivity index (χ0n) is 12.5. The van der Waals surface area contributed by atoms with E-state index in [1.807, 2.05) is 0 Å². The van der Waals surface area contributed by atoms with Gasteiger partial charge in [0.15, 0.2) is 11.6 Å². The molecule has 116 valence electrons. The van der Waals surface area contributed by atoms with Crippen LogP contribution in [0, 0.1) is 23.0 Å². The molecule has 1 amide bonds. The summed E-state index contributed by atoms with van der Waals surface area (Å²) in [5.74, 6) is -2.06. The molecular formula is C16H20ClF2NO. The zero-order chi connectivity index (χ0) is 15.8. The summed E-state index contributed by atoms with van der Waals surface area (Å²) in [6.45, 7) is 6.50. The lowest BCUT2D eigenvalue weighted by Gasteiger charge is -2.39. The molecule has 1 fully saturated rings. The molecule has 0 bridgehead atoms. The molecule has 2 nitrogen and oxygen atoms in total. The van der Waals surface area contributed by atoms with Crippen LogP contribution in [-0.4, -0.2) is 11.9 Å². The van der Waals surface area contributed by atoms with E-state index in [0.717, 1.165) is 31.4 Å². The number of hydrogen-bond donors (Lipinski definition) is 1. The van der Waals surface area contributed by atoms with Gasteiger partial charge in [-0.25, -0.2) is 8.78 Å². The average Bonchev–Trinajstić information content (AvgIpc) is 2.30. The molecule has 0 unspecified atom stereocenters. The molecular weight excluding hydrogens is 296 g/mol. The lowest BCUT2D eigenvalue weighted by atomic mass is 9.70. The SMILES string of the molecule is C[C@H]1C[C@@H](NC(=O)c2cc(F)c(F)cc2Cl)CC(C)(C)C1. The van der Waals surface area contributed by atoms with E-state index in [2.05, 4.69) is 26.1 Å². The highest BCUT2D eigenvalue weighted by Crippen LogP contribution is 2.38. The highest BCUT2D eigenvalue weighted by atomic mass is 35.5. The smallest absolute Gasteiger partial charge is 0.253 e. The Morgan fingerprint density at radius 1 is 1.29 bits per heavy atom. The van der Waals surface area contributed by atoms with Crippen LogP contribution in [0.2, 0.25) is 5.02 Å². The highest BCUT2D eigenvalue weighted by molar-refractivity contribution is 6.33. The van der Waals surface area contributed by atoms with Crippen LogP contribution < -0.4 is 5.32 Å². The third-order valence-electron chi connectivity index (χ3n) is 3.98. The van der Waals surface area contributed by atoms with Crippen LogP contribution in [0.4, 0.5) is 8.78 Å². The van der Waals surface area contributed by atoms with E-state index >= 15 is 0 Å². The van der Waals surface area contributed by atoms with Crippen LogP contribution in [-0.2, 0) is 0 Å². The van der Waals surface area contributed by atoms with Crippen molar-refractivity contribution in [2.24, 2.45) is 11.3 Å². The van der Waals surface area contributed by atoms with Crippen molar-refractivity contribution >= 4 is 17.5 Å². The summed E-state index contributed by atoms with van der Waals surface area (Å²) in [7, 11) is 0. The number of carbonyl (C=O) groups excluding carboxylic acids is 1. The van der Waals surface area contributed by atoms with Gasteiger partial charge in [0.05, 0.1) is 10.6 Å². The second-order valence-corrected chi connectivity index (χ2v) is 7.24. The monoisotopic (exact) mass is 315 g/mol. The molecule has 0 spiro atoms. The van der Waals surface area contributed by atoms with Gasteiger partial charge in [-0.3, -0.25) is 4.79 Å². The molecule has 1 aliphatic carbocycles. The van der Waals surface area contributed by atoms with Gasteiger partial charge >= 0.3 is 0 Å². The van der Waals surface area contributed by atoms with Gasteiger partial charge in [0.1, 0.15) is 0 Å². The average molecular weight is 316 g/mol. The molecule has 0 saturated heterocycles. The molecule has 21 heavy (non-hydrogen) atoms. The quantitative estimate of drug-likeness (QED) is 0.796. The third kappa shape index (κ3) is 3.94. The summed E-state index contributed by atoms with van der Waals surface area (Å²) in [4.78, 5) is 12.2.